The maximum absolute atomic E-state index is 9.36. The van der Waals surface area contributed by atoms with Crippen molar-refractivity contribution in [1.29, 1.82) is 0 Å². The van der Waals surface area contributed by atoms with Gasteiger partial charge in [-0.2, -0.15) is 0 Å². The van der Waals surface area contributed by atoms with E-state index in [1.165, 1.54) is 16.7 Å². The Morgan fingerprint density at radius 2 is 0.903 bits per heavy atom. The monoisotopic (exact) mass is 825 g/mol. The van der Waals surface area contributed by atoms with E-state index in [9.17, 15) is 4.11 Å². The van der Waals surface area contributed by atoms with E-state index >= 15 is 0 Å². The molecule has 0 unspecified atom stereocenters. The SMILES string of the molecule is [2H]c1cc(-n2c3c([2H])c([2H])c([2H])c([2H])c3c3c([2H])c([2H])c([2H])c([2H])c32)cc(-c2nc(-c3ccc(-c4cccc(-c5cccc(-c6ccccc6)c5)c4)cc3)nc(-c3c([2H])c([2H])c([2H])c4c3sc3c([2H])c([2H])c([2H])c([2H])c34)n2)c1[2H]. The summed E-state index contributed by atoms with van der Waals surface area (Å²) >= 11 is 0.875. The molecular formula is C57H36N4S. The summed E-state index contributed by atoms with van der Waals surface area (Å²) in [7, 11) is 0. The fourth-order valence-corrected chi connectivity index (χ4v) is 8.83. The van der Waals surface area contributed by atoms with Crippen LogP contribution in [0.3, 0.4) is 0 Å². The molecule has 0 N–H and O–H groups in total. The number of benzene rings is 9. The zero-order valence-electron chi connectivity index (χ0n) is 49.2. The van der Waals surface area contributed by atoms with Crippen LogP contribution in [0.1, 0.15) is 23.3 Å². The molecule has 5 heteroatoms. The molecule has 0 aliphatic rings. The molecule has 0 radical (unpaired) electrons. The van der Waals surface area contributed by atoms with Gasteiger partial charge in [0.1, 0.15) is 0 Å². The second kappa shape index (κ2) is 14.9. The molecule has 0 aliphatic heterocycles. The van der Waals surface area contributed by atoms with Gasteiger partial charge in [0.2, 0.25) is 0 Å². The predicted molar refractivity (Wildman–Crippen MR) is 260 cm³/mol. The normalized spacial score (nSPS) is 15.4. The number of fused-ring (bicyclic) bond motifs is 6. The van der Waals surface area contributed by atoms with Crippen LogP contribution in [-0.4, -0.2) is 19.5 Å². The van der Waals surface area contributed by atoms with Crippen molar-refractivity contribution in [2.24, 2.45) is 0 Å². The lowest BCUT2D eigenvalue weighted by molar-refractivity contribution is 1.07. The average molecular weight is 826 g/mol. The fourth-order valence-electron chi connectivity index (χ4n) is 7.76. The van der Waals surface area contributed by atoms with Gasteiger partial charge in [-0.25, -0.2) is 15.0 Å². The van der Waals surface area contributed by atoms with Gasteiger partial charge in [0.15, 0.2) is 17.5 Å². The Kier molecular flexibility index (Phi) is 5.43. The van der Waals surface area contributed by atoms with E-state index in [-0.39, 0.29) is 82.3 Å². The number of aromatic nitrogens is 4. The van der Waals surface area contributed by atoms with E-state index in [0.29, 0.717) is 5.56 Å². The lowest BCUT2D eigenvalue weighted by Gasteiger charge is -2.12. The largest absolute Gasteiger partial charge is 0.309 e. The molecule has 0 saturated carbocycles. The summed E-state index contributed by atoms with van der Waals surface area (Å²) in [4.78, 5) is 14.6. The van der Waals surface area contributed by atoms with Crippen molar-refractivity contribution in [2.75, 3.05) is 0 Å². The van der Waals surface area contributed by atoms with Crippen LogP contribution in [0.15, 0.2) is 218 Å². The summed E-state index contributed by atoms with van der Waals surface area (Å²) in [6.45, 7) is 0. The minimum atomic E-state index is -0.654. The first-order chi connectivity index (χ1) is 37.8. The average Bonchev–Trinajstić information content (AvgIpc) is 4.06. The third kappa shape index (κ3) is 6.26. The van der Waals surface area contributed by atoms with Gasteiger partial charge in [-0.15, -0.1) is 11.3 Å². The van der Waals surface area contributed by atoms with Crippen LogP contribution in [0.4, 0.5) is 0 Å². The maximum Gasteiger partial charge on any atom is 0.165 e. The van der Waals surface area contributed by atoms with Crippen LogP contribution in [0.25, 0.3) is 115 Å². The Morgan fingerprint density at radius 1 is 0.371 bits per heavy atom. The molecule has 0 atom stereocenters. The molecule has 0 spiro atoms. The minimum Gasteiger partial charge on any atom is -0.309 e. The van der Waals surface area contributed by atoms with Crippen LogP contribution >= 0.6 is 11.3 Å². The van der Waals surface area contributed by atoms with Crippen LogP contribution in [0, 0.1) is 0 Å². The standard InChI is InChI=1S/C57H36N4S/c1-2-14-37(15-3-1)40-16-10-18-42(34-40)43-19-11-17-41(35-43)38-30-32-39(33-31-38)55-58-56(60-57(59-55)50-26-13-25-49-48-24-6-9-29-53(48)62-54(49)50)44-20-12-21-45(36-44)61-51-27-7-4-22-46(51)47-23-5-8-28-52(47)61/h1-36H/i4D,5D,6D,7D,8D,9D,12D,13D,20D,22D,23D,24D,25D,26D,27D,28D,29D. The van der Waals surface area contributed by atoms with Crippen molar-refractivity contribution in [1.82, 2.24) is 19.5 Å². The number of thiophene rings is 1. The number of rotatable bonds is 7. The van der Waals surface area contributed by atoms with Gasteiger partial charge < -0.3 is 4.57 Å². The molecule has 0 aliphatic carbocycles. The topological polar surface area (TPSA) is 43.6 Å². The summed E-state index contributed by atoms with van der Waals surface area (Å²) in [5.74, 6) is -0.538. The van der Waals surface area contributed by atoms with Crippen molar-refractivity contribution >= 4 is 53.3 Å². The van der Waals surface area contributed by atoms with Crippen LogP contribution in [0.5, 0.6) is 0 Å². The molecule has 290 valence electrons. The van der Waals surface area contributed by atoms with Crippen LogP contribution < -0.4 is 0 Å². The summed E-state index contributed by atoms with van der Waals surface area (Å²) in [6.07, 6.45) is 0. The summed E-state index contributed by atoms with van der Waals surface area (Å²) < 4.78 is 152. The Bertz CT molecular complexity index is 4560. The van der Waals surface area contributed by atoms with Crippen molar-refractivity contribution < 1.29 is 23.3 Å². The second-order valence-corrected chi connectivity index (χ2v) is 15.4. The summed E-state index contributed by atoms with van der Waals surface area (Å²) in [5.41, 5.74) is 5.49. The molecular weight excluding hydrogens is 773 g/mol. The highest BCUT2D eigenvalue weighted by molar-refractivity contribution is 7.26. The van der Waals surface area contributed by atoms with Crippen molar-refractivity contribution in [3.8, 4) is 73.2 Å². The molecule has 62 heavy (non-hydrogen) atoms. The van der Waals surface area contributed by atoms with E-state index in [4.69, 9.17) is 34.1 Å². The first-order valence-corrected chi connectivity index (χ1v) is 20.3. The van der Waals surface area contributed by atoms with Crippen molar-refractivity contribution in [3.63, 3.8) is 0 Å². The summed E-state index contributed by atoms with van der Waals surface area (Å²) in [5, 5.41) is -0.448. The van der Waals surface area contributed by atoms with Gasteiger partial charge >= 0.3 is 0 Å². The van der Waals surface area contributed by atoms with E-state index in [0.717, 1.165) is 44.7 Å². The predicted octanol–water partition coefficient (Wildman–Crippen LogP) is 15.3. The minimum absolute atomic E-state index is 0.0196. The number of nitrogens with zero attached hydrogens (tertiary/aromatic N) is 4. The third-order valence-electron chi connectivity index (χ3n) is 10.7. The van der Waals surface area contributed by atoms with Gasteiger partial charge in [0, 0.05) is 53.3 Å². The molecule has 4 nitrogen and oxygen atoms in total. The van der Waals surface area contributed by atoms with E-state index < -0.39 is 96.7 Å². The van der Waals surface area contributed by atoms with Gasteiger partial charge in [-0.3, -0.25) is 0 Å². The molecule has 3 heterocycles. The highest BCUT2D eigenvalue weighted by Gasteiger charge is 2.18. The van der Waals surface area contributed by atoms with Gasteiger partial charge in [0.25, 0.3) is 0 Å². The summed E-state index contributed by atoms with van der Waals surface area (Å²) in [6, 6.07) is 27.0. The lowest BCUT2D eigenvalue weighted by atomic mass is 9.96. The van der Waals surface area contributed by atoms with Gasteiger partial charge in [-0.1, -0.05) is 170 Å². The van der Waals surface area contributed by atoms with Gasteiger partial charge in [0.05, 0.1) is 34.3 Å². The van der Waals surface area contributed by atoms with E-state index in [2.05, 4.69) is 30.3 Å². The van der Waals surface area contributed by atoms with Crippen molar-refractivity contribution in [2.45, 2.75) is 0 Å². The van der Waals surface area contributed by atoms with E-state index in [1.807, 2.05) is 60.7 Å². The van der Waals surface area contributed by atoms with Crippen molar-refractivity contribution in [3.05, 3.63) is 218 Å². The van der Waals surface area contributed by atoms with E-state index in [1.54, 1.807) is 12.1 Å². The number of hydrogen-bond acceptors (Lipinski definition) is 4. The lowest BCUT2D eigenvalue weighted by Crippen LogP contribution is -2.01. The first kappa shape index (κ1) is 22.6. The fraction of sp³-hybridized carbons (Fsp3) is 0. The second-order valence-electron chi connectivity index (χ2n) is 14.4. The molecule has 12 aromatic rings. The van der Waals surface area contributed by atoms with Crippen LogP contribution in [0.2, 0.25) is 0 Å². The van der Waals surface area contributed by atoms with Gasteiger partial charge in [-0.05, 0) is 81.8 Å². The molecule has 0 amide bonds. The Morgan fingerprint density at radius 3 is 1.60 bits per heavy atom. The molecule has 3 aromatic heterocycles. The highest BCUT2D eigenvalue weighted by Crippen LogP contribution is 2.40. The zero-order chi connectivity index (χ0) is 55.8. The Hall–Kier alpha value is -7.99. The molecule has 0 fully saturated rings. The molecule has 9 aromatic carbocycles. The molecule has 0 saturated heterocycles. The Labute approximate surface area is 386 Å². The third-order valence-corrected chi connectivity index (χ3v) is 11.8. The molecule has 0 bridgehead atoms. The zero-order valence-corrected chi connectivity index (χ0v) is 33.0. The smallest absolute Gasteiger partial charge is 0.165 e. The highest BCUT2D eigenvalue weighted by atomic mass is 32.1. The number of hydrogen-bond donors (Lipinski definition) is 0. The maximum atomic E-state index is 9.36. The molecule has 12 rings (SSSR count). The quantitative estimate of drug-likeness (QED) is 0.161. The van der Waals surface area contributed by atoms with Crippen LogP contribution in [-0.2, 0) is 0 Å². The Balaban J connectivity index is 1.09. The number of para-hydroxylation sites is 2. The first-order valence-electron chi connectivity index (χ1n) is 28.0.